The number of pyridine rings is 1. The molecule has 120 valence electrons. The molecule has 0 saturated carbocycles. The summed E-state index contributed by atoms with van der Waals surface area (Å²) >= 11 is 0. The Labute approximate surface area is 137 Å². The summed E-state index contributed by atoms with van der Waals surface area (Å²) in [4.78, 5) is 19.9. The fraction of sp³-hybridized carbons (Fsp3) is 0.167. The van der Waals surface area contributed by atoms with Gasteiger partial charge >= 0.3 is 5.69 Å². The zero-order valence-corrected chi connectivity index (χ0v) is 13.4. The Hall–Kier alpha value is -3.15. The summed E-state index contributed by atoms with van der Waals surface area (Å²) in [5, 5.41) is 3.98. The van der Waals surface area contributed by atoms with E-state index in [0.717, 1.165) is 22.5 Å². The molecule has 0 fully saturated rings. The topological polar surface area (TPSA) is 76.7 Å². The fourth-order valence-electron chi connectivity index (χ4n) is 2.93. The number of aromatic amines is 1. The molecule has 0 aliphatic heterocycles. The van der Waals surface area contributed by atoms with Crippen molar-refractivity contribution in [3.63, 3.8) is 0 Å². The largest absolute Gasteiger partial charge is 0.361 e. The van der Waals surface area contributed by atoms with Gasteiger partial charge in [-0.2, -0.15) is 0 Å². The average molecular weight is 320 g/mol. The minimum absolute atomic E-state index is 0.169. The summed E-state index contributed by atoms with van der Waals surface area (Å²) in [5.41, 5.74) is 4.62. The summed E-state index contributed by atoms with van der Waals surface area (Å²) in [7, 11) is 0. The van der Waals surface area contributed by atoms with Crippen molar-refractivity contribution in [1.82, 2.24) is 19.7 Å². The van der Waals surface area contributed by atoms with Crippen molar-refractivity contribution in [2.75, 3.05) is 0 Å². The van der Waals surface area contributed by atoms with Gasteiger partial charge in [-0.15, -0.1) is 0 Å². The highest BCUT2D eigenvalue weighted by molar-refractivity contribution is 5.76. The average Bonchev–Trinajstić information content (AvgIpc) is 3.08. The monoisotopic (exact) mass is 320 g/mol. The molecule has 0 radical (unpaired) electrons. The van der Waals surface area contributed by atoms with Crippen molar-refractivity contribution < 1.29 is 4.52 Å². The first-order valence-corrected chi connectivity index (χ1v) is 7.70. The fourth-order valence-corrected chi connectivity index (χ4v) is 2.93. The molecule has 0 bridgehead atoms. The number of H-pyrrole nitrogens is 1. The van der Waals surface area contributed by atoms with Gasteiger partial charge in [0.15, 0.2) is 5.65 Å². The zero-order valence-electron chi connectivity index (χ0n) is 13.4. The molecule has 3 aromatic heterocycles. The minimum atomic E-state index is -0.169. The number of aryl methyl sites for hydroxylation is 2. The molecule has 0 amide bonds. The van der Waals surface area contributed by atoms with E-state index in [4.69, 9.17) is 4.52 Å². The van der Waals surface area contributed by atoms with Gasteiger partial charge in [0, 0.05) is 0 Å². The van der Waals surface area contributed by atoms with Gasteiger partial charge in [-0.3, -0.25) is 4.57 Å². The Bertz CT molecular complexity index is 1050. The quantitative estimate of drug-likeness (QED) is 0.629. The first kappa shape index (κ1) is 14.4. The number of hydrogen-bond donors (Lipinski definition) is 1. The van der Waals surface area contributed by atoms with Gasteiger partial charge in [0.1, 0.15) is 5.76 Å². The van der Waals surface area contributed by atoms with E-state index < -0.39 is 0 Å². The zero-order chi connectivity index (χ0) is 16.7. The first-order chi connectivity index (χ1) is 11.6. The molecule has 0 atom stereocenters. The van der Waals surface area contributed by atoms with E-state index in [-0.39, 0.29) is 5.69 Å². The van der Waals surface area contributed by atoms with Crippen LogP contribution < -0.4 is 5.69 Å². The Kier molecular flexibility index (Phi) is 3.30. The van der Waals surface area contributed by atoms with Crippen LogP contribution in [0.15, 0.2) is 51.8 Å². The number of benzene rings is 1. The molecule has 3 heterocycles. The Morgan fingerprint density at radius 1 is 1.12 bits per heavy atom. The molecule has 6 nitrogen and oxygen atoms in total. The lowest BCUT2D eigenvalue weighted by molar-refractivity contribution is 0.393. The van der Waals surface area contributed by atoms with Crippen molar-refractivity contribution in [1.29, 1.82) is 0 Å². The van der Waals surface area contributed by atoms with E-state index in [9.17, 15) is 4.79 Å². The molecule has 6 heteroatoms. The van der Waals surface area contributed by atoms with Crippen LogP contribution in [0.3, 0.4) is 0 Å². The molecule has 4 aromatic rings. The minimum Gasteiger partial charge on any atom is -0.361 e. The summed E-state index contributed by atoms with van der Waals surface area (Å²) < 4.78 is 6.87. The Morgan fingerprint density at radius 2 is 1.92 bits per heavy atom. The van der Waals surface area contributed by atoms with E-state index in [0.29, 0.717) is 23.5 Å². The Balaban J connectivity index is 1.87. The Morgan fingerprint density at radius 3 is 2.62 bits per heavy atom. The molecule has 0 spiro atoms. The maximum atomic E-state index is 12.3. The van der Waals surface area contributed by atoms with Crippen molar-refractivity contribution in [2.45, 2.75) is 20.4 Å². The maximum absolute atomic E-state index is 12.3. The number of fused-ring (bicyclic) bond motifs is 1. The number of nitrogens with zero attached hydrogens (tertiary/aromatic N) is 3. The molecule has 0 unspecified atom stereocenters. The van der Waals surface area contributed by atoms with Crippen LogP contribution in [0, 0.1) is 13.8 Å². The van der Waals surface area contributed by atoms with E-state index in [1.807, 2.05) is 56.3 Å². The number of hydrogen-bond acceptors (Lipinski definition) is 4. The SMILES string of the molecule is Cc1noc(C)c1-c1ccc2[nH]c(=O)n(Cc3ccccc3)c2n1. The molecule has 1 aromatic carbocycles. The highest BCUT2D eigenvalue weighted by atomic mass is 16.5. The van der Waals surface area contributed by atoms with Crippen LogP contribution >= 0.6 is 0 Å². The summed E-state index contributed by atoms with van der Waals surface area (Å²) in [6, 6.07) is 13.6. The third-order valence-corrected chi connectivity index (χ3v) is 4.09. The molecular weight excluding hydrogens is 304 g/mol. The standard InChI is InChI=1S/C18H16N4O2/c1-11-16(12(2)24-21-11)14-8-9-15-17(19-14)22(18(23)20-15)10-13-6-4-3-5-7-13/h3-9H,10H2,1-2H3,(H,20,23). The first-order valence-electron chi connectivity index (χ1n) is 7.70. The predicted octanol–water partition coefficient (Wildman–Crippen LogP) is 3.04. The van der Waals surface area contributed by atoms with Crippen LogP contribution in [0.4, 0.5) is 0 Å². The van der Waals surface area contributed by atoms with Crippen molar-refractivity contribution >= 4 is 11.2 Å². The second-order valence-electron chi connectivity index (χ2n) is 5.77. The van der Waals surface area contributed by atoms with E-state index in [2.05, 4.69) is 15.1 Å². The molecular formula is C18H16N4O2. The lowest BCUT2D eigenvalue weighted by atomic mass is 10.1. The van der Waals surface area contributed by atoms with Gasteiger partial charge in [0.2, 0.25) is 0 Å². The van der Waals surface area contributed by atoms with Gasteiger partial charge in [-0.05, 0) is 31.5 Å². The molecule has 0 saturated heterocycles. The highest BCUT2D eigenvalue weighted by Gasteiger charge is 2.15. The van der Waals surface area contributed by atoms with Gasteiger partial charge in [0.25, 0.3) is 0 Å². The third kappa shape index (κ3) is 2.32. The van der Waals surface area contributed by atoms with Gasteiger partial charge in [0.05, 0.1) is 29.0 Å². The highest BCUT2D eigenvalue weighted by Crippen LogP contribution is 2.26. The number of imidazole rings is 1. The van der Waals surface area contributed by atoms with Crippen LogP contribution in [0.2, 0.25) is 0 Å². The molecule has 24 heavy (non-hydrogen) atoms. The van der Waals surface area contributed by atoms with E-state index in [1.165, 1.54) is 0 Å². The maximum Gasteiger partial charge on any atom is 0.327 e. The molecule has 0 aliphatic rings. The van der Waals surface area contributed by atoms with Crippen LogP contribution in [0.5, 0.6) is 0 Å². The molecule has 0 aliphatic carbocycles. The van der Waals surface area contributed by atoms with Crippen LogP contribution in [-0.2, 0) is 6.54 Å². The summed E-state index contributed by atoms with van der Waals surface area (Å²) in [6.45, 7) is 4.21. The van der Waals surface area contributed by atoms with Crippen molar-refractivity contribution in [2.24, 2.45) is 0 Å². The van der Waals surface area contributed by atoms with E-state index >= 15 is 0 Å². The number of nitrogens with one attached hydrogen (secondary N) is 1. The lowest BCUT2D eigenvalue weighted by Gasteiger charge is -2.05. The second kappa shape index (κ2) is 5.49. The predicted molar refractivity (Wildman–Crippen MR) is 90.9 cm³/mol. The molecule has 1 N–H and O–H groups in total. The second-order valence-corrected chi connectivity index (χ2v) is 5.77. The number of aromatic nitrogens is 4. The van der Waals surface area contributed by atoms with Crippen LogP contribution in [0.25, 0.3) is 22.4 Å². The van der Waals surface area contributed by atoms with E-state index in [1.54, 1.807) is 4.57 Å². The molecule has 4 rings (SSSR count). The number of rotatable bonds is 3. The van der Waals surface area contributed by atoms with Crippen LogP contribution in [-0.4, -0.2) is 19.7 Å². The van der Waals surface area contributed by atoms with Crippen LogP contribution in [0.1, 0.15) is 17.0 Å². The van der Waals surface area contributed by atoms with Crippen molar-refractivity contribution in [3.05, 3.63) is 70.0 Å². The van der Waals surface area contributed by atoms with Gasteiger partial charge < -0.3 is 9.51 Å². The third-order valence-electron chi connectivity index (χ3n) is 4.09. The lowest BCUT2D eigenvalue weighted by Crippen LogP contribution is -2.17. The normalized spacial score (nSPS) is 11.2. The summed E-state index contributed by atoms with van der Waals surface area (Å²) in [5.74, 6) is 0.715. The smallest absolute Gasteiger partial charge is 0.327 e. The van der Waals surface area contributed by atoms with Gasteiger partial charge in [-0.25, -0.2) is 9.78 Å². The summed E-state index contributed by atoms with van der Waals surface area (Å²) in [6.07, 6.45) is 0. The van der Waals surface area contributed by atoms with Gasteiger partial charge in [-0.1, -0.05) is 35.5 Å². The van der Waals surface area contributed by atoms with Crippen molar-refractivity contribution in [3.8, 4) is 11.3 Å².